The van der Waals surface area contributed by atoms with Crippen molar-refractivity contribution in [1.82, 2.24) is 15.2 Å². The van der Waals surface area contributed by atoms with Crippen LogP contribution >= 0.6 is 0 Å². The van der Waals surface area contributed by atoms with E-state index in [1.165, 1.54) is 13.3 Å². The number of nitrogens with zero attached hydrogens (tertiary/aromatic N) is 2. The molecular weight excluding hydrogens is 256 g/mol. The highest BCUT2D eigenvalue weighted by molar-refractivity contribution is 6.04. The van der Waals surface area contributed by atoms with Crippen molar-refractivity contribution < 1.29 is 9.53 Å². The van der Waals surface area contributed by atoms with Gasteiger partial charge >= 0.3 is 0 Å². The van der Waals surface area contributed by atoms with Gasteiger partial charge in [0.2, 0.25) is 5.88 Å². The van der Waals surface area contributed by atoms with Crippen LogP contribution in [0.1, 0.15) is 10.4 Å². The Morgan fingerprint density at radius 1 is 1.25 bits per heavy atom. The van der Waals surface area contributed by atoms with Crippen molar-refractivity contribution in [2.24, 2.45) is 0 Å². The van der Waals surface area contributed by atoms with Gasteiger partial charge in [0.25, 0.3) is 5.91 Å². The van der Waals surface area contributed by atoms with E-state index in [4.69, 9.17) is 4.74 Å². The van der Waals surface area contributed by atoms with E-state index in [9.17, 15) is 4.79 Å². The van der Waals surface area contributed by atoms with Gasteiger partial charge in [-0.3, -0.25) is 9.89 Å². The largest absolute Gasteiger partial charge is 0.481 e. The zero-order chi connectivity index (χ0) is 13.9. The topological polar surface area (TPSA) is 79.9 Å². The summed E-state index contributed by atoms with van der Waals surface area (Å²) in [5, 5.41) is 10.6. The molecule has 6 heteroatoms. The zero-order valence-corrected chi connectivity index (χ0v) is 10.8. The van der Waals surface area contributed by atoms with Gasteiger partial charge in [0.1, 0.15) is 0 Å². The van der Waals surface area contributed by atoms with E-state index in [0.29, 0.717) is 17.1 Å². The number of pyridine rings is 1. The third-order valence-corrected chi connectivity index (χ3v) is 2.91. The Kier molecular flexibility index (Phi) is 3.04. The monoisotopic (exact) mass is 268 g/mol. The Bertz CT molecular complexity index is 749. The maximum atomic E-state index is 12.1. The van der Waals surface area contributed by atoms with Crippen LogP contribution in [0.2, 0.25) is 0 Å². The molecule has 0 aliphatic rings. The first-order valence-electron chi connectivity index (χ1n) is 6.01. The van der Waals surface area contributed by atoms with Gasteiger partial charge in [-0.15, -0.1) is 0 Å². The van der Waals surface area contributed by atoms with E-state index in [-0.39, 0.29) is 5.91 Å². The number of benzene rings is 1. The molecule has 3 aromatic rings. The lowest BCUT2D eigenvalue weighted by atomic mass is 10.2. The van der Waals surface area contributed by atoms with Crippen LogP contribution < -0.4 is 10.1 Å². The van der Waals surface area contributed by atoms with Gasteiger partial charge < -0.3 is 10.1 Å². The summed E-state index contributed by atoms with van der Waals surface area (Å²) in [5.41, 5.74) is 2.10. The van der Waals surface area contributed by atoms with Crippen LogP contribution in [0.15, 0.2) is 42.7 Å². The number of ether oxygens (including phenoxy) is 1. The van der Waals surface area contributed by atoms with Crippen molar-refractivity contribution in [1.29, 1.82) is 0 Å². The molecule has 0 aliphatic heterocycles. The number of aromatic nitrogens is 3. The number of carbonyl (C=O) groups is 1. The number of nitrogens with one attached hydrogen (secondary N) is 2. The summed E-state index contributed by atoms with van der Waals surface area (Å²) in [5.74, 6) is 0.254. The average Bonchev–Trinajstić information content (AvgIpc) is 2.95. The SMILES string of the molecule is COc1ccc(C(=O)Nc2ccc3[nH]ncc3c2)cn1. The molecule has 0 radical (unpaired) electrons. The molecule has 0 fully saturated rings. The number of hydrogen-bond donors (Lipinski definition) is 2. The molecule has 0 spiro atoms. The second kappa shape index (κ2) is 5.00. The smallest absolute Gasteiger partial charge is 0.257 e. The lowest BCUT2D eigenvalue weighted by Gasteiger charge is -2.05. The van der Waals surface area contributed by atoms with E-state index >= 15 is 0 Å². The normalized spacial score (nSPS) is 10.4. The molecule has 0 saturated heterocycles. The maximum absolute atomic E-state index is 12.1. The van der Waals surface area contributed by atoms with Gasteiger partial charge in [0.15, 0.2) is 0 Å². The van der Waals surface area contributed by atoms with Gasteiger partial charge in [0, 0.05) is 23.3 Å². The minimum absolute atomic E-state index is 0.219. The number of methoxy groups -OCH3 is 1. The minimum Gasteiger partial charge on any atom is -0.481 e. The molecule has 2 aromatic heterocycles. The zero-order valence-electron chi connectivity index (χ0n) is 10.8. The highest BCUT2D eigenvalue weighted by atomic mass is 16.5. The summed E-state index contributed by atoms with van der Waals surface area (Å²) in [4.78, 5) is 16.1. The fourth-order valence-electron chi connectivity index (χ4n) is 1.86. The van der Waals surface area contributed by atoms with E-state index in [1.54, 1.807) is 18.3 Å². The Morgan fingerprint density at radius 2 is 2.15 bits per heavy atom. The maximum Gasteiger partial charge on any atom is 0.257 e. The van der Waals surface area contributed by atoms with Crippen LogP contribution in [0.25, 0.3) is 10.9 Å². The van der Waals surface area contributed by atoms with Crippen molar-refractivity contribution in [3.8, 4) is 5.88 Å². The van der Waals surface area contributed by atoms with Gasteiger partial charge in [-0.25, -0.2) is 4.98 Å². The van der Waals surface area contributed by atoms with Crippen LogP contribution in [-0.2, 0) is 0 Å². The number of rotatable bonds is 3. The fraction of sp³-hybridized carbons (Fsp3) is 0.0714. The van der Waals surface area contributed by atoms with E-state index in [2.05, 4.69) is 20.5 Å². The molecule has 1 amide bonds. The van der Waals surface area contributed by atoms with Crippen LogP contribution in [-0.4, -0.2) is 28.2 Å². The number of fused-ring (bicyclic) bond motifs is 1. The highest BCUT2D eigenvalue weighted by Crippen LogP contribution is 2.17. The fourth-order valence-corrected chi connectivity index (χ4v) is 1.86. The number of amides is 1. The molecule has 3 rings (SSSR count). The summed E-state index contributed by atoms with van der Waals surface area (Å²) in [6.07, 6.45) is 3.18. The van der Waals surface area contributed by atoms with Crippen molar-refractivity contribution >= 4 is 22.5 Å². The summed E-state index contributed by atoms with van der Waals surface area (Å²) in [7, 11) is 1.53. The summed E-state index contributed by atoms with van der Waals surface area (Å²) in [6.45, 7) is 0. The van der Waals surface area contributed by atoms with E-state index in [0.717, 1.165) is 10.9 Å². The Morgan fingerprint density at radius 3 is 2.90 bits per heavy atom. The second-order valence-corrected chi connectivity index (χ2v) is 4.22. The first-order chi connectivity index (χ1) is 9.76. The quantitative estimate of drug-likeness (QED) is 0.763. The Hall–Kier alpha value is -2.89. The van der Waals surface area contributed by atoms with Crippen LogP contribution in [0.3, 0.4) is 0 Å². The van der Waals surface area contributed by atoms with Gasteiger partial charge in [-0.05, 0) is 24.3 Å². The molecule has 20 heavy (non-hydrogen) atoms. The average molecular weight is 268 g/mol. The lowest BCUT2D eigenvalue weighted by Crippen LogP contribution is -2.12. The van der Waals surface area contributed by atoms with Gasteiger partial charge in [-0.2, -0.15) is 5.10 Å². The Balaban J connectivity index is 1.80. The summed E-state index contributed by atoms with van der Waals surface area (Å²) in [6, 6.07) is 8.85. The number of hydrogen-bond acceptors (Lipinski definition) is 4. The molecular formula is C14H12N4O2. The van der Waals surface area contributed by atoms with Crippen LogP contribution in [0.4, 0.5) is 5.69 Å². The molecule has 0 aliphatic carbocycles. The second-order valence-electron chi connectivity index (χ2n) is 4.22. The first-order valence-corrected chi connectivity index (χ1v) is 6.01. The molecule has 2 heterocycles. The highest BCUT2D eigenvalue weighted by Gasteiger charge is 2.07. The molecule has 100 valence electrons. The molecule has 0 unspecified atom stereocenters. The van der Waals surface area contributed by atoms with Crippen molar-refractivity contribution in [2.45, 2.75) is 0 Å². The molecule has 2 N–H and O–H groups in total. The van der Waals surface area contributed by atoms with Crippen molar-refractivity contribution in [2.75, 3.05) is 12.4 Å². The third-order valence-electron chi connectivity index (χ3n) is 2.91. The van der Waals surface area contributed by atoms with Crippen molar-refractivity contribution in [3.63, 3.8) is 0 Å². The van der Waals surface area contributed by atoms with Crippen LogP contribution in [0.5, 0.6) is 5.88 Å². The molecule has 0 atom stereocenters. The van der Waals surface area contributed by atoms with E-state index < -0.39 is 0 Å². The summed E-state index contributed by atoms with van der Waals surface area (Å²) < 4.78 is 4.95. The first kappa shape index (κ1) is 12.2. The number of carbonyl (C=O) groups excluding carboxylic acids is 1. The minimum atomic E-state index is -0.219. The van der Waals surface area contributed by atoms with E-state index in [1.807, 2.05) is 18.2 Å². The predicted molar refractivity (Wildman–Crippen MR) is 74.8 cm³/mol. The number of aromatic amines is 1. The molecule has 1 aromatic carbocycles. The van der Waals surface area contributed by atoms with Gasteiger partial charge in [-0.1, -0.05) is 0 Å². The Labute approximate surface area is 114 Å². The molecule has 0 bridgehead atoms. The van der Waals surface area contributed by atoms with Crippen molar-refractivity contribution in [3.05, 3.63) is 48.3 Å². The molecule has 0 saturated carbocycles. The number of H-pyrrole nitrogens is 1. The number of anilines is 1. The lowest BCUT2D eigenvalue weighted by molar-refractivity contribution is 0.102. The van der Waals surface area contributed by atoms with Gasteiger partial charge in [0.05, 0.1) is 24.4 Å². The molecule has 6 nitrogen and oxygen atoms in total. The predicted octanol–water partition coefficient (Wildman–Crippen LogP) is 2.22. The van der Waals surface area contributed by atoms with Crippen LogP contribution in [0, 0.1) is 0 Å². The standard InChI is InChI=1S/C14H12N4O2/c1-20-13-5-2-9(7-15-13)14(19)17-11-3-4-12-10(6-11)8-16-18-12/h2-8H,1H3,(H,16,18)(H,17,19). The summed E-state index contributed by atoms with van der Waals surface area (Å²) >= 11 is 0. The third kappa shape index (κ3) is 2.31.